The first-order valence-electron chi connectivity index (χ1n) is 6.55. The molecule has 0 unspecified atom stereocenters. The quantitative estimate of drug-likeness (QED) is 0.744. The van der Waals surface area contributed by atoms with Crippen molar-refractivity contribution < 1.29 is 14.3 Å². The standard InChI is InChI=1S/C16H15IN2O3/c1-10-8-11(17)6-7-13(10)19-16(21)12-4-2-3-5-14(12)22-9-15(18)20/h2-8H,9H2,1H3,(H2,18,20)(H,19,21). The Kier molecular flexibility index (Phi) is 5.37. The summed E-state index contributed by atoms with van der Waals surface area (Å²) < 4.78 is 6.37. The van der Waals surface area contributed by atoms with Crippen molar-refractivity contribution in [1.29, 1.82) is 0 Å². The Hall–Kier alpha value is -2.09. The molecule has 5 nitrogen and oxygen atoms in total. The second kappa shape index (κ2) is 7.26. The Labute approximate surface area is 142 Å². The summed E-state index contributed by atoms with van der Waals surface area (Å²) in [5, 5.41) is 2.84. The predicted octanol–water partition coefficient (Wildman–Crippen LogP) is 2.72. The number of amides is 2. The monoisotopic (exact) mass is 410 g/mol. The van der Waals surface area contributed by atoms with E-state index in [-0.39, 0.29) is 12.5 Å². The van der Waals surface area contributed by atoms with Gasteiger partial charge in [0.1, 0.15) is 5.75 Å². The van der Waals surface area contributed by atoms with Gasteiger partial charge in [0.05, 0.1) is 5.56 Å². The fourth-order valence-electron chi connectivity index (χ4n) is 1.89. The SMILES string of the molecule is Cc1cc(I)ccc1NC(=O)c1ccccc1OCC(N)=O. The fourth-order valence-corrected chi connectivity index (χ4v) is 2.53. The molecule has 6 heteroatoms. The lowest BCUT2D eigenvalue weighted by molar-refractivity contribution is -0.119. The molecule has 0 heterocycles. The molecule has 0 aliphatic carbocycles. The molecule has 0 fully saturated rings. The lowest BCUT2D eigenvalue weighted by Gasteiger charge is -2.12. The van der Waals surface area contributed by atoms with Gasteiger partial charge < -0.3 is 15.8 Å². The van der Waals surface area contributed by atoms with Gasteiger partial charge in [-0.25, -0.2) is 0 Å². The van der Waals surface area contributed by atoms with E-state index in [1.165, 1.54) is 0 Å². The number of primary amides is 1. The second-order valence-corrected chi connectivity index (χ2v) is 5.91. The number of ether oxygens (including phenoxy) is 1. The van der Waals surface area contributed by atoms with Crippen molar-refractivity contribution in [2.24, 2.45) is 5.73 Å². The molecule has 114 valence electrons. The van der Waals surface area contributed by atoms with Crippen LogP contribution in [0.25, 0.3) is 0 Å². The second-order valence-electron chi connectivity index (χ2n) is 4.66. The van der Waals surface area contributed by atoms with E-state index in [1.807, 2.05) is 25.1 Å². The van der Waals surface area contributed by atoms with Gasteiger partial charge in [-0.1, -0.05) is 12.1 Å². The first-order valence-corrected chi connectivity index (χ1v) is 7.63. The highest BCUT2D eigenvalue weighted by atomic mass is 127. The summed E-state index contributed by atoms with van der Waals surface area (Å²) in [7, 11) is 0. The van der Waals surface area contributed by atoms with Crippen LogP contribution in [0.2, 0.25) is 0 Å². The highest BCUT2D eigenvalue weighted by molar-refractivity contribution is 14.1. The van der Waals surface area contributed by atoms with Gasteiger partial charge in [0.15, 0.2) is 6.61 Å². The molecular formula is C16H15IN2O3. The highest BCUT2D eigenvalue weighted by Gasteiger charge is 2.14. The molecule has 0 saturated carbocycles. The smallest absolute Gasteiger partial charge is 0.259 e. The largest absolute Gasteiger partial charge is 0.483 e. The zero-order valence-corrected chi connectivity index (χ0v) is 14.1. The Morgan fingerprint density at radius 3 is 2.64 bits per heavy atom. The van der Waals surface area contributed by atoms with Crippen LogP contribution in [0.3, 0.4) is 0 Å². The Bertz CT molecular complexity index is 716. The molecule has 2 rings (SSSR count). The van der Waals surface area contributed by atoms with Crippen molar-refractivity contribution in [2.45, 2.75) is 6.92 Å². The minimum absolute atomic E-state index is 0.271. The topological polar surface area (TPSA) is 81.4 Å². The third-order valence-electron chi connectivity index (χ3n) is 2.94. The third kappa shape index (κ3) is 4.20. The van der Waals surface area contributed by atoms with Crippen LogP contribution in [0.1, 0.15) is 15.9 Å². The summed E-state index contributed by atoms with van der Waals surface area (Å²) in [5.41, 5.74) is 7.11. The maximum atomic E-state index is 12.4. The maximum absolute atomic E-state index is 12.4. The summed E-state index contributed by atoms with van der Waals surface area (Å²) in [6, 6.07) is 12.5. The van der Waals surface area contributed by atoms with Crippen LogP contribution in [0, 0.1) is 10.5 Å². The number of carbonyl (C=O) groups is 2. The van der Waals surface area contributed by atoms with Crippen molar-refractivity contribution in [3.05, 3.63) is 57.2 Å². The molecule has 2 aromatic carbocycles. The van der Waals surface area contributed by atoms with E-state index in [9.17, 15) is 9.59 Å². The van der Waals surface area contributed by atoms with E-state index in [0.717, 1.165) is 14.8 Å². The van der Waals surface area contributed by atoms with Crippen molar-refractivity contribution in [1.82, 2.24) is 0 Å². The number of aryl methyl sites for hydroxylation is 1. The van der Waals surface area contributed by atoms with Gasteiger partial charge in [0.2, 0.25) is 0 Å². The van der Waals surface area contributed by atoms with Gasteiger partial charge in [-0.15, -0.1) is 0 Å². The molecule has 0 spiro atoms. The Morgan fingerprint density at radius 2 is 1.95 bits per heavy atom. The van der Waals surface area contributed by atoms with Crippen molar-refractivity contribution in [2.75, 3.05) is 11.9 Å². The summed E-state index contributed by atoms with van der Waals surface area (Å²) in [4.78, 5) is 23.2. The molecule has 0 atom stereocenters. The normalized spacial score (nSPS) is 10.1. The first-order chi connectivity index (χ1) is 10.5. The van der Waals surface area contributed by atoms with Crippen molar-refractivity contribution in [3.8, 4) is 5.75 Å². The number of carbonyl (C=O) groups excluding carboxylic acids is 2. The zero-order valence-electron chi connectivity index (χ0n) is 11.9. The molecule has 0 bridgehead atoms. The van der Waals surface area contributed by atoms with Crippen LogP contribution >= 0.6 is 22.6 Å². The fraction of sp³-hybridized carbons (Fsp3) is 0.125. The average molecular weight is 410 g/mol. The molecule has 3 N–H and O–H groups in total. The molecule has 0 aromatic heterocycles. The molecule has 2 amide bonds. The van der Waals surface area contributed by atoms with Gasteiger partial charge >= 0.3 is 0 Å². The van der Waals surface area contributed by atoms with Crippen LogP contribution in [-0.4, -0.2) is 18.4 Å². The first kappa shape index (κ1) is 16.3. The van der Waals surface area contributed by atoms with Gasteiger partial charge in [-0.3, -0.25) is 9.59 Å². The Morgan fingerprint density at radius 1 is 1.23 bits per heavy atom. The van der Waals surface area contributed by atoms with Crippen LogP contribution in [-0.2, 0) is 4.79 Å². The lowest BCUT2D eigenvalue weighted by Crippen LogP contribution is -2.21. The minimum Gasteiger partial charge on any atom is -0.483 e. The van der Waals surface area contributed by atoms with Gasteiger partial charge in [0, 0.05) is 9.26 Å². The van der Waals surface area contributed by atoms with Crippen LogP contribution in [0.5, 0.6) is 5.75 Å². The maximum Gasteiger partial charge on any atom is 0.259 e. The van der Waals surface area contributed by atoms with Crippen molar-refractivity contribution >= 4 is 40.1 Å². The van der Waals surface area contributed by atoms with E-state index in [1.54, 1.807) is 24.3 Å². The molecule has 0 radical (unpaired) electrons. The minimum atomic E-state index is -0.594. The molecule has 0 aliphatic rings. The Balaban J connectivity index is 2.20. The number of nitrogens with two attached hydrogens (primary N) is 1. The molecule has 0 saturated heterocycles. The number of halogens is 1. The number of anilines is 1. The van der Waals surface area contributed by atoms with Gasteiger partial charge in [-0.05, 0) is 65.4 Å². The number of nitrogens with one attached hydrogen (secondary N) is 1. The highest BCUT2D eigenvalue weighted by Crippen LogP contribution is 2.22. The van der Waals surface area contributed by atoms with E-state index in [2.05, 4.69) is 27.9 Å². The lowest BCUT2D eigenvalue weighted by atomic mass is 10.1. The van der Waals surface area contributed by atoms with E-state index in [4.69, 9.17) is 10.5 Å². The van der Waals surface area contributed by atoms with Crippen LogP contribution < -0.4 is 15.8 Å². The summed E-state index contributed by atoms with van der Waals surface area (Å²) in [6.07, 6.45) is 0. The average Bonchev–Trinajstić information content (AvgIpc) is 2.48. The molecule has 22 heavy (non-hydrogen) atoms. The predicted molar refractivity (Wildman–Crippen MR) is 93.0 cm³/mol. The number of para-hydroxylation sites is 1. The third-order valence-corrected chi connectivity index (χ3v) is 3.61. The van der Waals surface area contributed by atoms with E-state index < -0.39 is 5.91 Å². The number of benzene rings is 2. The van der Waals surface area contributed by atoms with E-state index >= 15 is 0 Å². The van der Waals surface area contributed by atoms with Crippen LogP contribution in [0.15, 0.2) is 42.5 Å². The van der Waals surface area contributed by atoms with Gasteiger partial charge in [0.25, 0.3) is 11.8 Å². The van der Waals surface area contributed by atoms with E-state index in [0.29, 0.717) is 11.3 Å². The van der Waals surface area contributed by atoms with Crippen LogP contribution in [0.4, 0.5) is 5.69 Å². The summed E-state index contributed by atoms with van der Waals surface area (Å²) in [5.74, 6) is -0.574. The molecular weight excluding hydrogens is 395 g/mol. The molecule has 2 aromatic rings. The number of rotatable bonds is 5. The summed E-state index contributed by atoms with van der Waals surface area (Å²) >= 11 is 2.21. The van der Waals surface area contributed by atoms with Crippen molar-refractivity contribution in [3.63, 3.8) is 0 Å². The number of hydrogen-bond donors (Lipinski definition) is 2. The van der Waals surface area contributed by atoms with Gasteiger partial charge in [-0.2, -0.15) is 0 Å². The number of hydrogen-bond acceptors (Lipinski definition) is 3. The molecule has 0 aliphatic heterocycles. The zero-order chi connectivity index (χ0) is 16.1. The summed E-state index contributed by atoms with van der Waals surface area (Å²) in [6.45, 7) is 1.65.